The maximum atomic E-state index is 11.6. The lowest BCUT2D eigenvalue weighted by Crippen LogP contribution is -2.41. The molecule has 6 heteroatoms. The number of nitrogens with zero attached hydrogens (tertiary/aromatic N) is 1. The van der Waals surface area contributed by atoms with Gasteiger partial charge in [-0.3, -0.25) is 9.59 Å². The highest BCUT2D eigenvalue weighted by atomic mass is 35.5. The van der Waals surface area contributed by atoms with Gasteiger partial charge in [-0.25, -0.2) is 0 Å². The summed E-state index contributed by atoms with van der Waals surface area (Å²) in [6, 6.07) is 7.05. The number of hydrogen-bond acceptors (Lipinski definition) is 3. The number of rotatable bonds is 3. The molecule has 1 heterocycles. The van der Waals surface area contributed by atoms with E-state index in [1.807, 2.05) is 0 Å². The summed E-state index contributed by atoms with van der Waals surface area (Å²) >= 11 is 5.40. The van der Waals surface area contributed by atoms with E-state index in [-0.39, 0.29) is 24.3 Å². The molecular formula is C12H13ClN2O3. The zero-order valence-electron chi connectivity index (χ0n) is 9.69. The Morgan fingerprint density at radius 1 is 1.39 bits per heavy atom. The Morgan fingerprint density at radius 2 is 2.11 bits per heavy atom. The van der Waals surface area contributed by atoms with Gasteiger partial charge in [0.05, 0.1) is 6.61 Å². The molecule has 18 heavy (non-hydrogen) atoms. The molecule has 0 aromatic heterocycles. The van der Waals surface area contributed by atoms with Crippen molar-refractivity contribution in [1.82, 2.24) is 0 Å². The normalized spacial score (nSPS) is 15.6. The van der Waals surface area contributed by atoms with Gasteiger partial charge in [-0.1, -0.05) is 0 Å². The Bertz CT molecular complexity index is 447. The lowest BCUT2D eigenvalue weighted by Gasteiger charge is -2.26. The lowest BCUT2D eigenvalue weighted by atomic mass is 10.2. The van der Waals surface area contributed by atoms with Crippen LogP contribution in [0.3, 0.4) is 0 Å². The summed E-state index contributed by atoms with van der Waals surface area (Å²) in [7, 11) is 0. The van der Waals surface area contributed by atoms with Crippen molar-refractivity contribution in [2.24, 2.45) is 0 Å². The monoisotopic (exact) mass is 268 g/mol. The molecule has 0 aliphatic carbocycles. The van der Waals surface area contributed by atoms with Gasteiger partial charge in [0.1, 0.15) is 12.5 Å². The van der Waals surface area contributed by atoms with Gasteiger partial charge in [-0.2, -0.15) is 0 Å². The average Bonchev–Trinajstić information content (AvgIpc) is 2.40. The maximum Gasteiger partial charge on any atom is 0.253 e. The number of benzene rings is 1. The largest absolute Gasteiger partial charge is 0.370 e. The summed E-state index contributed by atoms with van der Waals surface area (Å²) in [5.74, 6) is -0.394. The third-order valence-electron chi connectivity index (χ3n) is 2.57. The molecule has 0 spiro atoms. The first kappa shape index (κ1) is 12.9. The summed E-state index contributed by atoms with van der Waals surface area (Å²) in [6.45, 7) is 1.20. The van der Waals surface area contributed by atoms with Crippen LogP contribution in [0, 0.1) is 0 Å². The Labute approximate surface area is 110 Å². The minimum absolute atomic E-state index is 0.0567. The predicted octanol–water partition coefficient (Wildman–Crippen LogP) is 1.23. The van der Waals surface area contributed by atoms with E-state index >= 15 is 0 Å². The molecule has 96 valence electrons. The summed E-state index contributed by atoms with van der Waals surface area (Å²) in [4.78, 5) is 24.4. The fraction of sp³-hybridized carbons (Fsp3) is 0.333. The fourth-order valence-electron chi connectivity index (χ4n) is 1.71. The zero-order chi connectivity index (χ0) is 13.0. The number of morpholine rings is 1. The topological polar surface area (TPSA) is 58.6 Å². The van der Waals surface area contributed by atoms with E-state index in [0.717, 1.165) is 5.69 Å². The van der Waals surface area contributed by atoms with Gasteiger partial charge in [0.25, 0.3) is 5.91 Å². The Kier molecular flexibility index (Phi) is 4.17. The van der Waals surface area contributed by atoms with Crippen LogP contribution in [0.2, 0.25) is 0 Å². The molecule has 1 aromatic rings. The number of amides is 2. The highest BCUT2D eigenvalue weighted by Gasteiger charge is 2.19. The molecule has 1 saturated heterocycles. The number of hydrogen-bond donors (Lipinski definition) is 1. The molecule has 2 rings (SSSR count). The fourth-order valence-corrected chi connectivity index (χ4v) is 1.78. The number of anilines is 2. The number of ether oxygens (including phenoxy) is 1. The van der Waals surface area contributed by atoms with Crippen molar-refractivity contribution in [1.29, 1.82) is 0 Å². The van der Waals surface area contributed by atoms with Gasteiger partial charge < -0.3 is 15.0 Å². The lowest BCUT2D eigenvalue weighted by molar-refractivity contribution is -0.125. The molecule has 1 fully saturated rings. The van der Waals surface area contributed by atoms with Gasteiger partial charge in [-0.05, 0) is 24.3 Å². The van der Waals surface area contributed by atoms with Crippen LogP contribution < -0.4 is 10.2 Å². The molecule has 2 amide bonds. The van der Waals surface area contributed by atoms with Gasteiger partial charge in [0, 0.05) is 17.9 Å². The van der Waals surface area contributed by atoms with Crippen molar-refractivity contribution >= 4 is 34.8 Å². The van der Waals surface area contributed by atoms with Crippen molar-refractivity contribution in [3.63, 3.8) is 0 Å². The van der Waals surface area contributed by atoms with Crippen molar-refractivity contribution < 1.29 is 14.3 Å². The molecule has 0 radical (unpaired) electrons. The van der Waals surface area contributed by atoms with Crippen LogP contribution in [0.15, 0.2) is 24.3 Å². The number of carbonyl (C=O) groups is 2. The van der Waals surface area contributed by atoms with Crippen molar-refractivity contribution in [2.45, 2.75) is 0 Å². The van der Waals surface area contributed by atoms with Crippen LogP contribution in [-0.4, -0.2) is 37.5 Å². The SMILES string of the molecule is O=C(CCl)Nc1ccc(N2CCOCC2=O)cc1. The molecule has 1 aliphatic heterocycles. The van der Waals surface area contributed by atoms with Crippen molar-refractivity contribution in [3.8, 4) is 0 Å². The van der Waals surface area contributed by atoms with Gasteiger partial charge in [0.15, 0.2) is 0 Å². The van der Waals surface area contributed by atoms with E-state index < -0.39 is 0 Å². The molecule has 0 bridgehead atoms. The average molecular weight is 269 g/mol. The van der Waals surface area contributed by atoms with E-state index in [0.29, 0.717) is 18.8 Å². The second-order valence-electron chi connectivity index (χ2n) is 3.83. The number of carbonyl (C=O) groups excluding carboxylic acids is 2. The van der Waals surface area contributed by atoms with Crippen LogP contribution in [0.25, 0.3) is 0 Å². The van der Waals surface area contributed by atoms with Gasteiger partial charge >= 0.3 is 0 Å². The second-order valence-corrected chi connectivity index (χ2v) is 4.09. The smallest absolute Gasteiger partial charge is 0.253 e. The second kappa shape index (κ2) is 5.84. The molecule has 0 unspecified atom stereocenters. The molecule has 1 aliphatic rings. The first-order valence-electron chi connectivity index (χ1n) is 5.54. The summed E-state index contributed by atoms with van der Waals surface area (Å²) < 4.78 is 5.06. The number of halogens is 1. The summed E-state index contributed by atoms with van der Waals surface area (Å²) in [5, 5.41) is 2.63. The third-order valence-corrected chi connectivity index (χ3v) is 2.81. The van der Waals surface area contributed by atoms with Crippen LogP contribution in [0.5, 0.6) is 0 Å². The maximum absolute atomic E-state index is 11.6. The van der Waals surface area contributed by atoms with Crippen molar-refractivity contribution in [3.05, 3.63) is 24.3 Å². The van der Waals surface area contributed by atoms with Crippen molar-refractivity contribution in [2.75, 3.05) is 35.9 Å². The Balaban J connectivity index is 2.07. The quantitative estimate of drug-likeness (QED) is 0.839. The van der Waals surface area contributed by atoms with Gasteiger partial charge in [-0.15, -0.1) is 11.6 Å². The first-order valence-corrected chi connectivity index (χ1v) is 6.08. The molecule has 0 atom stereocenters. The minimum atomic E-state index is -0.258. The molecule has 1 aromatic carbocycles. The third kappa shape index (κ3) is 3.00. The van der Waals surface area contributed by atoms with Crippen LogP contribution in [0.4, 0.5) is 11.4 Å². The molecule has 1 N–H and O–H groups in total. The molecule has 0 saturated carbocycles. The van der Waals surface area contributed by atoms with Crippen LogP contribution >= 0.6 is 11.6 Å². The van der Waals surface area contributed by atoms with Gasteiger partial charge in [0.2, 0.25) is 5.91 Å². The van der Waals surface area contributed by atoms with E-state index in [9.17, 15) is 9.59 Å². The number of nitrogens with one attached hydrogen (secondary N) is 1. The highest BCUT2D eigenvalue weighted by molar-refractivity contribution is 6.29. The highest BCUT2D eigenvalue weighted by Crippen LogP contribution is 2.19. The molecular weight excluding hydrogens is 256 g/mol. The Hall–Kier alpha value is -1.59. The van der Waals surface area contributed by atoms with Crippen LogP contribution in [-0.2, 0) is 14.3 Å². The van der Waals surface area contributed by atoms with E-state index in [1.54, 1.807) is 29.2 Å². The first-order chi connectivity index (χ1) is 8.70. The number of alkyl halides is 1. The zero-order valence-corrected chi connectivity index (χ0v) is 10.4. The summed E-state index contributed by atoms with van der Waals surface area (Å²) in [6.07, 6.45) is 0. The van der Waals surface area contributed by atoms with E-state index in [1.165, 1.54) is 0 Å². The predicted molar refractivity (Wildman–Crippen MR) is 69.0 cm³/mol. The minimum Gasteiger partial charge on any atom is -0.370 e. The van der Waals surface area contributed by atoms with E-state index in [4.69, 9.17) is 16.3 Å². The molecule has 5 nitrogen and oxygen atoms in total. The standard InChI is InChI=1S/C12H13ClN2O3/c13-7-11(16)14-9-1-3-10(4-2-9)15-5-6-18-8-12(15)17/h1-4H,5-8H2,(H,14,16). The summed E-state index contributed by atoms with van der Waals surface area (Å²) in [5.41, 5.74) is 1.46. The van der Waals surface area contributed by atoms with Crippen LogP contribution in [0.1, 0.15) is 0 Å². The van der Waals surface area contributed by atoms with E-state index in [2.05, 4.69) is 5.32 Å². The Morgan fingerprint density at radius 3 is 2.72 bits per heavy atom.